The van der Waals surface area contributed by atoms with Crippen LogP contribution in [0.5, 0.6) is 5.88 Å². The number of aromatic amines is 1. The van der Waals surface area contributed by atoms with Crippen LogP contribution in [0, 0.1) is 0 Å². The summed E-state index contributed by atoms with van der Waals surface area (Å²) in [6.07, 6.45) is -0.699. The molecule has 3 aromatic rings. The zero-order valence-corrected chi connectivity index (χ0v) is 16.3. The summed E-state index contributed by atoms with van der Waals surface area (Å²) in [6, 6.07) is 11.4. The van der Waals surface area contributed by atoms with Crippen LogP contribution in [-0.2, 0) is 4.74 Å². The number of ketones is 1. The third kappa shape index (κ3) is 3.13. The number of carbonyl (C=O) groups excluding carboxylic acids is 1. The van der Waals surface area contributed by atoms with Gasteiger partial charge in [0.25, 0.3) is 0 Å². The number of nitrogens with one attached hydrogen (secondary N) is 1. The number of benzene rings is 2. The number of hydrogen-bond donors (Lipinski definition) is 3. The first-order chi connectivity index (χ1) is 13.4. The van der Waals surface area contributed by atoms with E-state index in [-0.39, 0.29) is 23.3 Å². The number of anilines is 1. The van der Waals surface area contributed by atoms with E-state index in [0.717, 1.165) is 16.8 Å². The monoisotopic (exact) mass is 400 g/mol. The molecule has 0 bridgehead atoms. The summed E-state index contributed by atoms with van der Waals surface area (Å²) in [4.78, 5) is 16.8. The number of nitrogens with zero attached hydrogens (tertiary/aromatic N) is 1. The minimum Gasteiger partial charge on any atom is -0.494 e. The highest BCUT2D eigenvalue weighted by atomic mass is 35.5. The predicted molar refractivity (Wildman–Crippen MR) is 109 cm³/mol. The Bertz CT molecular complexity index is 1040. The lowest BCUT2D eigenvalue weighted by Crippen LogP contribution is -2.25. The van der Waals surface area contributed by atoms with E-state index in [1.165, 1.54) is 6.92 Å². The Balaban J connectivity index is 1.69. The Kier molecular flexibility index (Phi) is 4.79. The highest BCUT2D eigenvalue weighted by Crippen LogP contribution is 2.37. The molecule has 1 aromatic heterocycles. The summed E-state index contributed by atoms with van der Waals surface area (Å²) in [5.41, 5.74) is 3.54. The fraction of sp³-hybridized carbons (Fsp3) is 0.286. The van der Waals surface area contributed by atoms with Crippen molar-refractivity contribution < 1.29 is 19.7 Å². The molecule has 2 heterocycles. The van der Waals surface area contributed by atoms with E-state index >= 15 is 0 Å². The van der Waals surface area contributed by atoms with Crippen LogP contribution >= 0.6 is 11.6 Å². The topological polar surface area (TPSA) is 85.8 Å². The van der Waals surface area contributed by atoms with Gasteiger partial charge >= 0.3 is 0 Å². The van der Waals surface area contributed by atoms with Gasteiger partial charge in [0.15, 0.2) is 5.78 Å². The molecule has 1 fully saturated rings. The molecule has 0 saturated carbocycles. The zero-order chi connectivity index (χ0) is 20.0. The van der Waals surface area contributed by atoms with Crippen molar-refractivity contribution in [3.05, 3.63) is 47.0 Å². The van der Waals surface area contributed by atoms with Crippen LogP contribution in [0.25, 0.3) is 22.0 Å². The van der Waals surface area contributed by atoms with Gasteiger partial charge in [-0.25, -0.2) is 0 Å². The lowest BCUT2D eigenvalue weighted by atomic mass is 10.0. The number of fused-ring (bicyclic) bond motifs is 1. The second kappa shape index (κ2) is 7.13. The van der Waals surface area contributed by atoms with Crippen molar-refractivity contribution in [2.24, 2.45) is 0 Å². The van der Waals surface area contributed by atoms with Gasteiger partial charge < -0.3 is 24.8 Å². The van der Waals surface area contributed by atoms with Gasteiger partial charge in [-0.1, -0.05) is 23.7 Å². The zero-order valence-electron chi connectivity index (χ0n) is 15.6. The van der Waals surface area contributed by atoms with Crippen molar-refractivity contribution in [2.75, 3.05) is 25.1 Å². The van der Waals surface area contributed by atoms with Crippen LogP contribution in [0.4, 0.5) is 5.69 Å². The van der Waals surface area contributed by atoms with E-state index < -0.39 is 6.10 Å². The molecule has 2 aromatic carbocycles. The summed E-state index contributed by atoms with van der Waals surface area (Å²) in [5.74, 6) is -0.362. The maximum atomic E-state index is 11.9. The van der Waals surface area contributed by atoms with Crippen LogP contribution in [-0.4, -0.2) is 53.4 Å². The molecule has 0 aliphatic carbocycles. The Morgan fingerprint density at radius 3 is 2.57 bits per heavy atom. The number of methoxy groups -OCH3 is 1. The molecule has 3 N–H and O–H groups in total. The fourth-order valence-corrected chi connectivity index (χ4v) is 4.10. The summed E-state index contributed by atoms with van der Waals surface area (Å²) >= 11 is 6.46. The smallest absolute Gasteiger partial charge is 0.200 e. The van der Waals surface area contributed by atoms with Crippen molar-refractivity contribution in [2.45, 2.75) is 19.1 Å². The third-order valence-corrected chi connectivity index (χ3v) is 5.61. The molecular formula is C21H21ClN2O4. The number of β-amino-alcohol motifs (C(OH)–C–C–N with tert-alkyl or cyclic N) is 1. The van der Waals surface area contributed by atoms with Crippen molar-refractivity contribution in [1.29, 1.82) is 0 Å². The lowest BCUT2D eigenvalue weighted by Gasteiger charge is -2.18. The number of Topliss-reactive ketones (excluding diaryl/α,β-unsaturated/α-hetero) is 1. The molecule has 0 amide bonds. The number of hydrogen-bond acceptors (Lipinski definition) is 5. The number of halogens is 1. The van der Waals surface area contributed by atoms with Gasteiger partial charge in [0.2, 0.25) is 5.88 Å². The number of rotatable bonds is 4. The normalized spacial score (nSPS) is 19.5. The lowest BCUT2D eigenvalue weighted by molar-refractivity contribution is 0.0217. The Morgan fingerprint density at radius 2 is 1.96 bits per heavy atom. The maximum absolute atomic E-state index is 11.9. The molecule has 6 nitrogen and oxygen atoms in total. The molecule has 146 valence electrons. The molecule has 2 atom stereocenters. The minimum absolute atomic E-state index is 0.147. The van der Waals surface area contributed by atoms with E-state index in [0.29, 0.717) is 29.0 Å². The molecule has 1 aliphatic rings. The summed E-state index contributed by atoms with van der Waals surface area (Å²) in [7, 11) is 1.60. The number of aliphatic hydroxyl groups excluding tert-OH is 1. The third-order valence-electron chi connectivity index (χ3n) is 5.30. The van der Waals surface area contributed by atoms with Gasteiger partial charge in [-0.15, -0.1) is 0 Å². The molecule has 0 radical (unpaired) electrons. The van der Waals surface area contributed by atoms with Crippen molar-refractivity contribution in [3.63, 3.8) is 0 Å². The van der Waals surface area contributed by atoms with Gasteiger partial charge in [0.1, 0.15) is 6.10 Å². The number of aromatic nitrogens is 1. The summed E-state index contributed by atoms with van der Waals surface area (Å²) in [6.45, 7) is 2.58. The van der Waals surface area contributed by atoms with E-state index in [1.54, 1.807) is 13.2 Å². The second-order valence-electron chi connectivity index (χ2n) is 7.08. The van der Waals surface area contributed by atoms with E-state index in [2.05, 4.69) is 9.88 Å². The Morgan fingerprint density at radius 1 is 1.25 bits per heavy atom. The SMILES string of the molecule is CO[C@H]1CN(c2ccc(-c3cc4c(C(C)=O)c(O)[nH]c4cc3Cl)cc2)C[C@@H]1O. The Labute approximate surface area is 167 Å². The van der Waals surface area contributed by atoms with Crippen LogP contribution in [0.2, 0.25) is 5.02 Å². The fourth-order valence-electron chi connectivity index (χ4n) is 3.83. The standard InChI is InChI=1S/C21H21ClN2O4/c1-11(25)20-15-7-14(16(22)8-17(15)23-21(20)27)12-3-5-13(6-4-12)24-9-18(26)19(10-24)28-2/h3-8,18-19,23,26-27H,9-10H2,1-2H3/t18-,19-/m0/s1. The van der Waals surface area contributed by atoms with Gasteiger partial charge in [-0.3, -0.25) is 4.79 Å². The first kappa shape index (κ1) is 18.8. The van der Waals surface area contributed by atoms with Gasteiger partial charge in [-0.2, -0.15) is 0 Å². The minimum atomic E-state index is -0.507. The molecular weight excluding hydrogens is 380 g/mol. The average Bonchev–Trinajstić information content (AvgIpc) is 3.19. The van der Waals surface area contributed by atoms with Gasteiger partial charge in [0.05, 0.1) is 22.2 Å². The van der Waals surface area contributed by atoms with Crippen LogP contribution in [0.1, 0.15) is 17.3 Å². The van der Waals surface area contributed by atoms with Crippen LogP contribution in [0.3, 0.4) is 0 Å². The highest BCUT2D eigenvalue weighted by Gasteiger charge is 2.31. The highest BCUT2D eigenvalue weighted by molar-refractivity contribution is 6.34. The van der Waals surface area contributed by atoms with E-state index in [4.69, 9.17) is 16.3 Å². The molecule has 0 unspecified atom stereocenters. The first-order valence-electron chi connectivity index (χ1n) is 9.00. The number of aromatic hydroxyl groups is 1. The van der Waals surface area contributed by atoms with E-state index in [1.807, 2.05) is 30.3 Å². The van der Waals surface area contributed by atoms with Crippen molar-refractivity contribution in [3.8, 4) is 17.0 Å². The summed E-state index contributed by atoms with van der Waals surface area (Å²) in [5, 5.41) is 21.2. The second-order valence-corrected chi connectivity index (χ2v) is 7.48. The quantitative estimate of drug-likeness (QED) is 0.583. The van der Waals surface area contributed by atoms with Crippen molar-refractivity contribution in [1.82, 2.24) is 4.98 Å². The number of H-pyrrole nitrogens is 1. The Hall–Kier alpha value is -2.54. The average molecular weight is 401 g/mol. The predicted octanol–water partition coefficient (Wildman–Crippen LogP) is 3.59. The maximum Gasteiger partial charge on any atom is 0.200 e. The molecule has 0 spiro atoms. The van der Waals surface area contributed by atoms with Crippen molar-refractivity contribution >= 4 is 34.0 Å². The summed E-state index contributed by atoms with van der Waals surface area (Å²) < 4.78 is 5.30. The molecule has 28 heavy (non-hydrogen) atoms. The molecule has 1 aliphatic heterocycles. The number of ether oxygens (including phenoxy) is 1. The van der Waals surface area contributed by atoms with Gasteiger partial charge in [-0.05, 0) is 36.8 Å². The van der Waals surface area contributed by atoms with Crippen LogP contribution in [0.15, 0.2) is 36.4 Å². The van der Waals surface area contributed by atoms with Crippen LogP contribution < -0.4 is 4.90 Å². The molecule has 1 saturated heterocycles. The number of aliphatic hydroxyl groups is 1. The number of carbonyl (C=O) groups is 1. The largest absolute Gasteiger partial charge is 0.494 e. The molecule has 7 heteroatoms. The van der Waals surface area contributed by atoms with E-state index in [9.17, 15) is 15.0 Å². The first-order valence-corrected chi connectivity index (χ1v) is 9.38. The molecule has 4 rings (SSSR count). The van der Waals surface area contributed by atoms with Gasteiger partial charge in [0, 0.05) is 36.8 Å².